The number of quaternary nitrogens is 1. The van der Waals surface area contributed by atoms with E-state index in [1.54, 1.807) is 84.6 Å². The first kappa shape index (κ1) is 70.5. The number of aliphatic hydroxyl groups excluding tert-OH is 1. The summed E-state index contributed by atoms with van der Waals surface area (Å²) >= 11 is 0. The van der Waals surface area contributed by atoms with Crippen molar-refractivity contribution in [2.45, 2.75) is 180 Å². The summed E-state index contributed by atoms with van der Waals surface area (Å²) in [4.78, 5) is 98.5. The van der Waals surface area contributed by atoms with Gasteiger partial charge in [0.05, 0.1) is 68.9 Å². The number of likely N-dealkylation sites (N-methyl/N-ethyl adjacent to an activating group) is 2. The van der Waals surface area contributed by atoms with Crippen LogP contribution in [0, 0.1) is 29.6 Å². The molecular formula is C58H97N10O13S+. The molecule has 1 aliphatic heterocycles. The zero-order valence-electron chi connectivity index (χ0n) is 50.9. The summed E-state index contributed by atoms with van der Waals surface area (Å²) < 4.78 is 48.6. The maximum Gasteiger partial charge on any atom is 0.312 e. The molecule has 12 atom stereocenters. The number of hydrogen-bond acceptors (Lipinski definition) is 13. The van der Waals surface area contributed by atoms with Gasteiger partial charge in [-0.05, 0) is 74.1 Å². The van der Waals surface area contributed by atoms with Gasteiger partial charge in [-0.3, -0.25) is 33.3 Å². The van der Waals surface area contributed by atoms with E-state index in [2.05, 4.69) is 26.6 Å². The van der Waals surface area contributed by atoms with Gasteiger partial charge < -0.3 is 66.9 Å². The Kier molecular flexibility index (Phi) is 27.3. The van der Waals surface area contributed by atoms with Gasteiger partial charge in [-0.25, -0.2) is 4.79 Å². The SMILES string of the molecule is CC[C@H](C)[C@@H]([C@@H](CC(=O)N1CCC[C@H]1[C@H](OC)[C@@H](C)C(=O)N[C@H](C)[C@@H](O)c1ccccc1)OC)N(C)C(=O)[C@@H](NC(=O)[C@H](C(C)C)[N+](C)(C)Cc1ccc(NC(=O)[C@H](CCCNC(N)=O)NC(=O)[C@@H](N)C(C)C)cc1S(=O)(=O)O)C(C)C. The molecule has 1 fully saturated rings. The third kappa shape index (κ3) is 19.4. The number of anilines is 1. The predicted molar refractivity (Wildman–Crippen MR) is 313 cm³/mol. The number of hydrogen-bond donors (Lipinski definition) is 9. The fourth-order valence-electron chi connectivity index (χ4n) is 11.2. The molecule has 462 valence electrons. The molecule has 0 radical (unpaired) electrons. The highest BCUT2D eigenvalue weighted by Crippen LogP contribution is 2.32. The molecule has 1 heterocycles. The average molecular weight is 1170 g/mol. The molecule has 1 aliphatic rings. The number of likely N-dealkylation sites (tertiary alicyclic amines) is 1. The Morgan fingerprint density at radius 2 is 1.48 bits per heavy atom. The van der Waals surface area contributed by atoms with E-state index in [1.165, 1.54) is 26.4 Å². The molecule has 23 nitrogen and oxygen atoms in total. The summed E-state index contributed by atoms with van der Waals surface area (Å²) in [5, 5.41) is 24.6. The quantitative estimate of drug-likeness (QED) is 0.0287. The van der Waals surface area contributed by atoms with E-state index in [0.29, 0.717) is 31.4 Å². The molecule has 82 heavy (non-hydrogen) atoms. The van der Waals surface area contributed by atoms with Gasteiger partial charge in [0.2, 0.25) is 29.5 Å². The van der Waals surface area contributed by atoms with Crippen LogP contribution in [0.5, 0.6) is 0 Å². The van der Waals surface area contributed by atoms with E-state index in [-0.39, 0.29) is 77.7 Å². The molecule has 24 heteroatoms. The molecule has 11 N–H and O–H groups in total. The second-order valence-electron chi connectivity index (χ2n) is 23.6. The van der Waals surface area contributed by atoms with Gasteiger partial charge in [-0.15, -0.1) is 0 Å². The zero-order chi connectivity index (χ0) is 62.1. The minimum atomic E-state index is -4.95. The normalized spacial score (nSPS) is 18.0. The topological polar surface area (TPSA) is 331 Å². The second-order valence-corrected chi connectivity index (χ2v) is 25.0. The van der Waals surface area contributed by atoms with Crippen LogP contribution in [-0.2, 0) is 54.9 Å². The standard InChI is InChI=1S/C58H96N10O13S/c1-16-36(8)49(44(80-14)31-46(69)67-29-21-25-43(67)52(81-15)37(9)53(71)62-38(10)51(70)39-22-18-17-19-23-39)66(11)57(75)48(34(4)5)65-56(74)50(35(6)7)68(12,13)32-40-26-27-41(30-45(40)82(77,78)79)63-54(72)42(24-20-28-61-58(60)76)64-55(73)47(59)33(2)3/h17-19,22-23,26-27,30,33-38,42-44,47-52,70H,16,20-21,24-25,28-29,31-32,59H2,1-15H3,(H7-,60,61,62,63,64,65,71,72,73,74,76,77,78,79)/p+1/t36-,37+,38+,42-,43-,44+,47-,48-,49-,50-,51+,52+/m0/s1. The van der Waals surface area contributed by atoms with Crippen LogP contribution in [0.15, 0.2) is 53.4 Å². The van der Waals surface area contributed by atoms with Crippen molar-refractivity contribution in [3.63, 3.8) is 0 Å². The summed E-state index contributed by atoms with van der Waals surface area (Å²) in [5.74, 6) is -4.74. The number of amides is 8. The van der Waals surface area contributed by atoms with Crippen LogP contribution in [-0.4, -0.2) is 177 Å². The average Bonchev–Trinajstić information content (AvgIpc) is 4.07. The van der Waals surface area contributed by atoms with Gasteiger partial charge in [0.25, 0.3) is 16.0 Å². The van der Waals surface area contributed by atoms with Crippen molar-refractivity contribution < 1.29 is 65.6 Å². The number of nitrogens with two attached hydrogens (primary N) is 2. The van der Waals surface area contributed by atoms with E-state index in [9.17, 15) is 51.6 Å². The molecule has 0 bridgehead atoms. The third-order valence-electron chi connectivity index (χ3n) is 15.9. The lowest BCUT2D eigenvalue weighted by atomic mass is 9.89. The number of urea groups is 1. The number of carbonyl (C=O) groups is 7. The van der Waals surface area contributed by atoms with E-state index in [0.717, 1.165) is 6.07 Å². The summed E-state index contributed by atoms with van der Waals surface area (Å²) in [7, 11) is 3.14. The summed E-state index contributed by atoms with van der Waals surface area (Å²) in [6.07, 6.45) is -0.337. The van der Waals surface area contributed by atoms with Crippen LogP contribution in [0.2, 0.25) is 0 Å². The van der Waals surface area contributed by atoms with Gasteiger partial charge in [0.1, 0.15) is 23.5 Å². The van der Waals surface area contributed by atoms with Gasteiger partial charge in [0, 0.05) is 51.5 Å². The first-order chi connectivity index (χ1) is 38.2. The molecule has 2 aromatic carbocycles. The fourth-order valence-corrected chi connectivity index (χ4v) is 11.9. The van der Waals surface area contributed by atoms with Gasteiger partial charge in [-0.2, -0.15) is 8.42 Å². The Morgan fingerprint density at radius 1 is 0.841 bits per heavy atom. The van der Waals surface area contributed by atoms with Crippen molar-refractivity contribution in [2.24, 2.45) is 41.1 Å². The van der Waals surface area contributed by atoms with Crippen LogP contribution < -0.4 is 38.1 Å². The molecule has 8 amide bonds. The van der Waals surface area contributed by atoms with Crippen LogP contribution >= 0.6 is 0 Å². The molecule has 0 aromatic heterocycles. The van der Waals surface area contributed by atoms with Crippen molar-refractivity contribution in [1.82, 2.24) is 31.1 Å². The molecule has 1 saturated heterocycles. The van der Waals surface area contributed by atoms with Crippen LogP contribution in [0.4, 0.5) is 10.5 Å². The minimum absolute atomic E-state index is 0.0236. The number of primary amides is 1. The van der Waals surface area contributed by atoms with Crippen molar-refractivity contribution in [1.29, 1.82) is 0 Å². The highest BCUT2D eigenvalue weighted by Gasteiger charge is 2.45. The Labute approximate surface area is 486 Å². The molecular weight excluding hydrogens is 1080 g/mol. The first-order valence-corrected chi connectivity index (χ1v) is 30.0. The van der Waals surface area contributed by atoms with Crippen molar-refractivity contribution >= 4 is 57.3 Å². The lowest BCUT2D eigenvalue weighted by Crippen LogP contribution is -2.63. The monoisotopic (exact) mass is 1170 g/mol. The number of methoxy groups -OCH3 is 2. The Balaban J connectivity index is 1.86. The number of nitrogens with one attached hydrogen (secondary N) is 5. The zero-order valence-corrected chi connectivity index (χ0v) is 51.7. The number of ether oxygens (including phenoxy) is 2. The number of aliphatic hydroxyl groups is 1. The van der Waals surface area contributed by atoms with Crippen molar-refractivity contribution in [3.05, 3.63) is 59.7 Å². The van der Waals surface area contributed by atoms with Gasteiger partial charge in [0.15, 0.2) is 6.04 Å². The van der Waals surface area contributed by atoms with Crippen molar-refractivity contribution in [2.75, 3.05) is 53.8 Å². The summed E-state index contributed by atoms with van der Waals surface area (Å²) in [6, 6.07) is 6.47. The van der Waals surface area contributed by atoms with Crippen molar-refractivity contribution in [3.8, 4) is 0 Å². The fraction of sp³-hybridized carbons (Fsp3) is 0.672. The Hall–Kier alpha value is -5.76. The maximum absolute atomic E-state index is 14.9. The highest BCUT2D eigenvalue weighted by atomic mass is 32.2. The predicted octanol–water partition coefficient (Wildman–Crippen LogP) is 3.69. The smallest absolute Gasteiger partial charge is 0.312 e. The number of rotatable bonds is 32. The molecule has 0 spiro atoms. The van der Waals surface area contributed by atoms with E-state index in [1.807, 2.05) is 45.9 Å². The Bertz CT molecular complexity index is 2570. The van der Waals surface area contributed by atoms with Crippen LogP contribution in [0.25, 0.3) is 0 Å². The first-order valence-electron chi connectivity index (χ1n) is 28.5. The van der Waals surface area contributed by atoms with Crippen LogP contribution in [0.1, 0.15) is 125 Å². The summed E-state index contributed by atoms with van der Waals surface area (Å²) in [5.41, 5.74) is 12.0. The van der Waals surface area contributed by atoms with E-state index < -0.39 is 117 Å². The third-order valence-corrected chi connectivity index (χ3v) is 16.9. The van der Waals surface area contributed by atoms with Gasteiger partial charge >= 0.3 is 6.03 Å². The van der Waals surface area contributed by atoms with E-state index in [4.69, 9.17) is 20.9 Å². The second kappa shape index (κ2) is 31.8. The van der Waals surface area contributed by atoms with Crippen LogP contribution in [0.3, 0.4) is 0 Å². The van der Waals surface area contributed by atoms with E-state index >= 15 is 0 Å². The lowest BCUT2D eigenvalue weighted by molar-refractivity contribution is -0.922. The molecule has 3 rings (SSSR count). The van der Waals surface area contributed by atoms with Gasteiger partial charge in [-0.1, -0.05) is 99.1 Å². The largest absolute Gasteiger partial charge is 0.386 e. The molecule has 0 unspecified atom stereocenters. The molecule has 0 aliphatic carbocycles. The summed E-state index contributed by atoms with van der Waals surface area (Å²) in [6.45, 7) is 18.6. The molecule has 0 saturated carbocycles. The Morgan fingerprint density at radius 3 is 2.01 bits per heavy atom. The lowest BCUT2D eigenvalue weighted by Gasteiger charge is -2.42. The number of benzene rings is 2. The number of nitrogens with zero attached hydrogens (tertiary/aromatic N) is 3. The number of carbonyl (C=O) groups excluding carboxylic acids is 7. The minimum Gasteiger partial charge on any atom is -0.386 e. The maximum atomic E-state index is 14.9. The highest BCUT2D eigenvalue weighted by molar-refractivity contribution is 7.85. The molecule has 2 aromatic rings.